The first-order valence-corrected chi connectivity index (χ1v) is 12.4. The number of hydrogen-bond donors (Lipinski definition) is 1. The van der Waals surface area contributed by atoms with E-state index < -0.39 is 0 Å². The number of piperidine rings is 1. The van der Waals surface area contributed by atoms with E-state index in [9.17, 15) is 9.59 Å². The second-order valence-electron chi connectivity index (χ2n) is 10.5. The minimum Gasteiger partial charge on any atom is -0.449 e. The summed E-state index contributed by atoms with van der Waals surface area (Å²) in [5, 5.41) is 12.0. The molecule has 2 aromatic carbocycles. The van der Waals surface area contributed by atoms with Crippen LogP contribution in [0.4, 0.5) is 10.5 Å². The number of hydrogen-bond acceptors (Lipinski definition) is 7. The third-order valence-corrected chi connectivity index (χ3v) is 6.00. The first kappa shape index (κ1) is 26.2. The maximum Gasteiger partial charge on any atom is 0.409 e. The largest absolute Gasteiger partial charge is 0.449 e. The Kier molecular flexibility index (Phi) is 7.79. The van der Waals surface area contributed by atoms with E-state index in [2.05, 4.69) is 16.4 Å². The zero-order valence-corrected chi connectivity index (χ0v) is 21.7. The number of nitrogens with zero attached hydrogens (tertiary/aromatic N) is 3. The molecule has 0 spiro atoms. The Balaban J connectivity index is 1.24. The van der Waals surface area contributed by atoms with Crippen LogP contribution in [0.2, 0.25) is 0 Å². The van der Waals surface area contributed by atoms with Gasteiger partial charge in [-0.2, -0.15) is 5.26 Å². The van der Waals surface area contributed by atoms with Crippen molar-refractivity contribution in [3.63, 3.8) is 0 Å². The quantitative estimate of drug-likeness (QED) is 0.485. The fourth-order valence-corrected chi connectivity index (χ4v) is 4.05. The van der Waals surface area contributed by atoms with Crippen molar-refractivity contribution in [2.24, 2.45) is 5.41 Å². The Morgan fingerprint density at radius 3 is 2.54 bits per heavy atom. The van der Waals surface area contributed by atoms with Gasteiger partial charge in [0.05, 0.1) is 24.3 Å². The number of aryl methyl sites for hydroxylation is 1. The van der Waals surface area contributed by atoms with Gasteiger partial charge in [0.1, 0.15) is 12.1 Å². The number of nitriles is 1. The molecule has 4 rings (SSSR count). The van der Waals surface area contributed by atoms with E-state index in [1.807, 2.05) is 39.8 Å². The summed E-state index contributed by atoms with van der Waals surface area (Å²) in [5.41, 5.74) is 3.99. The van der Waals surface area contributed by atoms with Crippen molar-refractivity contribution >= 4 is 28.8 Å². The molecule has 0 bridgehead atoms. The van der Waals surface area contributed by atoms with Gasteiger partial charge in [0.25, 0.3) is 0 Å². The van der Waals surface area contributed by atoms with E-state index in [1.54, 1.807) is 29.2 Å². The van der Waals surface area contributed by atoms with Crippen molar-refractivity contribution in [1.82, 2.24) is 9.88 Å². The first-order chi connectivity index (χ1) is 17.6. The van der Waals surface area contributed by atoms with Crippen molar-refractivity contribution in [2.75, 3.05) is 31.6 Å². The van der Waals surface area contributed by atoms with Gasteiger partial charge < -0.3 is 24.1 Å². The highest BCUT2D eigenvalue weighted by Crippen LogP contribution is 2.28. The third kappa shape index (κ3) is 6.86. The number of ether oxygens (including phenoxy) is 2. The number of oxazole rings is 1. The summed E-state index contributed by atoms with van der Waals surface area (Å²) in [6, 6.07) is 12.8. The Morgan fingerprint density at radius 2 is 1.89 bits per heavy atom. The van der Waals surface area contributed by atoms with Gasteiger partial charge >= 0.3 is 6.09 Å². The molecule has 1 aliphatic heterocycles. The van der Waals surface area contributed by atoms with Crippen LogP contribution < -0.4 is 5.32 Å². The van der Waals surface area contributed by atoms with Gasteiger partial charge in [-0.15, -0.1) is 0 Å². The van der Waals surface area contributed by atoms with Crippen molar-refractivity contribution in [2.45, 2.75) is 46.6 Å². The molecule has 1 saturated heterocycles. The summed E-state index contributed by atoms with van der Waals surface area (Å²) in [4.78, 5) is 30.8. The molecule has 0 saturated carbocycles. The van der Waals surface area contributed by atoms with E-state index in [0.717, 1.165) is 11.1 Å². The van der Waals surface area contributed by atoms with E-state index in [0.29, 0.717) is 60.8 Å². The molecule has 0 atom stereocenters. The molecule has 0 unspecified atom stereocenters. The number of nitrogens with one attached hydrogen (secondary N) is 1. The predicted molar refractivity (Wildman–Crippen MR) is 139 cm³/mol. The SMILES string of the molecule is Cc1cc(C#N)cc2nc(-c3ccc(NC(=O)COC4CCN(C(=O)OCC(C)(C)C)CC4)cc3)oc12. The highest BCUT2D eigenvalue weighted by molar-refractivity contribution is 5.92. The van der Waals surface area contributed by atoms with Gasteiger partial charge in [-0.05, 0) is 67.1 Å². The average molecular weight is 505 g/mol. The molecule has 1 aliphatic rings. The van der Waals surface area contributed by atoms with Gasteiger partial charge in [-0.3, -0.25) is 4.79 Å². The summed E-state index contributed by atoms with van der Waals surface area (Å²) in [7, 11) is 0. The molecule has 37 heavy (non-hydrogen) atoms. The fraction of sp³-hybridized carbons (Fsp3) is 0.429. The van der Waals surface area contributed by atoms with Gasteiger partial charge in [0.15, 0.2) is 5.58 Å². The fourth-order valence-electron chi connectivity index (χ4n) is 4.05. The molecule has 2 amide bonds. The summed E-state index contributed by atoms with van der Waals surface area (Å²) in [6.45, 7) is 9.34. The Morgan fingerprint density at radius 1 is 1.19 bits per heavy atom. The molecule has 0 aliphatic carbocycles. The molecule has 0 radical (unpaired) electrons. The summed E-state index contributed by atoms with van der Waals surface area (Å²) in [6.07, 6.45) is 0.942. The average Bonchev–Trinajstić information content (AvgIpc) is 3.31. The number of anilines is 1. The molecule has 2 heterocycles. The molecular formula is C28H32N4O5. The second kappa shape index (κ2) is 11.0. The number of aromatic nitrogens is 1. The molecule has 9 heteroatoms. The normalized spacial score (nSPS) is 14.4. The van der Waals surface area contributed by atoms with Crippen LogP contribution in [0.5, 0.6) is 0 Å². The van der Waals surface area contributed by atoms with Crippen molar-refractivity contribution < 1.29 is 23.5 Å². The number of fused-ring (bicyclic) bond motifs is 1. The van der Waals surface area contributed by atoms with E-state index in [4.69, 9.17) is 19.2 Å². The van der Waals surface area contributed by atoms with E-state index in [-0.39, 0.29) is 30.1 Å². The van der Waals surface area contributed by atoms with Gasteiger partial charge in [-0.1, -0.05) is 20.8 Å². The number of carbonyl (C=O) groups excluding carboxylic acids is 2. The highest BCUT2D eigenvalue weighted by Gasteiger charge is 2.26. The van der Waals surface area contributed by atoms with Crippen molar-refractivity contribution in [3.05, 3.63) is 47.5 Å². The monoisotopic (exact) mass is 504 g/mol. The Bertz CT molecular complexity index is 1310. The third-order valence-electron chi connectivity index (χ3n) is 6.00. The smallest absolute Gasteiger partial charge is 0.409 e. The molecule has 1 aromatic heterocycles. The second-order valence-corrected chi connectivity index (χ2v) is 10.5. The summed E-state index contributed by atoms with van der Waals surface area (Å²) < 4.78 is 17.1. The van der Waals surface area contributed by atoms with Crippen LogP contribution in [-0.2, 0) is 14.3 Å². The van der Waals surface area contributed by atoms with Crippen LogP contribution >= 0.6 is 0 Å². The Labute approximate surface area is 216 Å². The minimum absolute atomic E-state index is 0.0630. The molecule has 1 fully saturated rings. The highest BCUT2D eigenvalue weighted by atomic mass is 16.6. The van der Waals surface area contributed by atoms with E-state index >= 15 is 0 Å². The summed E-state index contributed by atoms with van der Waals surface area (Å²) in [5.74, 6) is 0.198. The molecular weight excluding hydrogens is 472 g/mol. The first-order valence-electron chi connectivity index (χ1n) is 12.4. The summed E-state index contributed by atoms with van der Waals surface area (Å²) >= 11 is 0. The van der Waals surface area contributed by atoms with Crippen molar-refractivity contribution in [1.29, 1.82) is 5.26 Å². The standard InChI is InChI=1S/C28H32N4O5/c1-18-13-19(15-29)14-23-25(18)37-26(31-23)20-5-7-21(8-6-20)30-24(33)16-35-22-9-11-32(12-10-22)27(34)36-17-28(2,3)4/h5-8,13-14,22H,9-12,16-17H2,1-4H3,(H,30,33). The lowest BCUT2D eigenvalue weighted by Gasteiger charge is -2.32. The number of benzene rings is 2. The zero-order chi connectivity index (χ0) is 26.6. The van der Waals surface area contributed by atoms with Crippen LogP contribution in [0.25, 0.3) is 22.6 Å². The lowest BCUT2D eigenvalue weighted by atomic mass is 9.99. The molecule has 1 N–H and O–H groups in total. The maximum atomic E-state index is 12.4. The van der Waals surface area contributed by atoms with E-state index in [1.165, 1.54) is 0 Å². The lowest BCUT2D eigenvalue weighted by molar-refractivity contribution is -0.123. The molecule has 3 aromatic rings. The lowest BCUT2D eigenvalue weighted by Crippen LogP contribution is -2.42. The van der Waals surface area contributed by atoms with Gasteiger partial charge in [0.2, 0.25) is 11.8 Å². The topological polar surface area (TPSA) is 118 Å². The zero-order valence-electron chi connectivity index (χ0n) is 21.7. The van der Waals surface area contributed by atoms with Gasteiger partial charge in [0, 0.05) is 24.3 Å². The van der Waals surface area contributed by atoms with Crippen LogP contribution in [0, 0.1) is 23.7 Å². The number of rotatable bonds is 6. The molecule has 194 valence electrons. The predicted octanol–water partition coefficient (Wildman–Crippen LogP) is 5.28. The van der Waals surface area contributed by atoms with Crippen LogP contribution in [0.15, 0.2) is 40.8 Å². The number of carbonyl (C=O) groups is 2. The van der Waals surface area contributed by atoms with Crippen LogP contribution in [-0.4, -0.2) is 54.3 Å². The maximum absolute atomic E-state index is 12.4. The van der Waals surface area contributed by atoms with Crippen LogP contribution in [0.3, 0.4) is 0 Å². The minimum atomic E-state index is -0.297. The molecule has 9 nitrogen and oxygen atoms in total. The van der Waals surface area contributed by atoms with Gasteiger partial charge in [-0.25, -0.2) is 9.78 Å². The number of amides is 2. The number of likely N-dealkylation sites (tertiary alicyclic amines) is 1. The van der Waals surface area contributed by atoms with Crippen LogP contribution in [0.1, 0.15) is 44.7 Å². The van der Waals surface area contributed by atoms with Crippen molar-refractivity contribution in [3.8, 4) is 17.5 Å². The Hall–Kier alpha value is -3.90.